The maximum atomic E-state index is 13.4. The summed E-state index contributed by atoms with van der Waals surface area (Å²) in [6.07, 6.45) is -1.22. The fraction of sp³-hybridized carbons (Fsp3) is 0.481. The van der Waals surface area contributed by atoms with Gasteiger partial charge in [0.05, 0.1) is 17.5 Å². The molecule has 3 atom stereocenters. The molecule has 3 aliphatic rings. The van der Waals surface area contributed by atoms with Gasteiger partial charge in [-0.15, -0.1) is 15.6 Å². The van der Waals surface area contributed by atoms with E-state index in [1.165, 1.54) is 19.2 Å². The number of anilines is 1. The summed E-state index contributed by atoms with van der Waals surface area (Å²) >= 11 is 0.989. The minimum atomic E-state index is -4.99. The van der Waals surface area contributed by atoms with E-state index in [4.69, 9.17) is 25.6 Å². The summed E-state index contributed by atoms with van der Waals surface area (Å²) in [6.45, 7) is 5.16. The highest BCUT2D eigenvalue weighted by Crippen LogP contribution is 2.40. The van der Waals surface area contributed by atoms with Crippen LogP contribution < -0.4 is 21.5 Å². The van der Waals surface area contributed by atoms with Crippen LogP contribution in [0.15, 0.2) is 33.7 Å². The smallest absolute Gasteiger partial charge is 0.418 e. The van der Waals surface area contributed by atoms with Crippen LogP contribution in [0.3, 0.4) is 0 Å². The summed E-state index contributed by atoms with van der Waals surface area (Å²) < 4.78 is 41.3. The Labute approximate surface area is 273 Å². The zero-order chi connectivity index (χ0) is 34.1. The minimum absolute atomic E-state index is 0.0200. The summed E-state index contributed by atoms with van der Waals surface area (Å²) in [5.74, 6) is -3.32. The van der Waals surface area contributed by atoms with E-state index in [1.807, 2.05) is 11.0 Å². The van der Waals surface area contributed by atoms with E-state index in [9.17, 15) is 27.9 Å². The molecule has 4 heterocycles. The number of ether oxygens (including phenoxy) is 1. The predicted molar refractivity (Wildman–Crippen MR) is 166 cm³/mol. The van der Waals surface area contributed by atoms with Gasteiger partial charge in [0.25, 0.3) is 12.0 Å². The van der Waals surface area contributed by atoms with Crippen LogP contribution in [0.2, 0.25) is 0 Å². The number of rotatable bonds is 13. The monoisotopic (exact) mass is 694 g/mol. The van der Waals surface area contributed by atoms with Crippen molar-refractivity contribution in [3.63, 3.8) is 0 Å². The number of hydrogen-bond donors (Lipinski definition) is 5. The Morgan fingerprint density at radius 1 is 1.28 bits per heavy atom. The second kappa shape index (κ2) is 13.4. The van der Waals surface area contributed by atoms with Crippen molar-refractivity contribution in [2.24, 2.45) is 21.8 Å². The molecule has 0 bridgehead atoms. The van der Waals surface area contributed by atoms with Crippen molar-refractivity contribution in [3.8, 4) is 5.75 Å². The molecule has 20 heteroatoms. The van der Waals surface area contributed by atoms with E-state index >= 15 is 0 Å². The Morgan fingerprint density at radius 2 is 2.02 bits per heavy atom. The van der Waals surface area contributed by atoms with Gasteiger partial charge in [0.2, 0.25) is 0 Å². The number of aliphatic carboxylic acids is 1. The number of hydrogen-bond acceptors (Lipinski definition) is 14. The van der Waals surface area contributed by atoms with Gasteiger partial charge in [-0.25, -0.2) is 14.8 Å². The first-order valence-corrected chi connectivity index (χ1v) is 16.6. The number of oxime groups is 1. The van der Waals surface area contributed by atoms with E-state index < -0.39 is 64.4 Å². The highest BCUT2D eigenvalue weighted by Gasteiger charge is 2.57. The second-order valence-electron chi connectivity index (χ2n) is 11.6. The molecule has 0 aliphatic carbocycles. The highest BCUT2D eigenvalue weighted by molar-refractivity contribution is 7.80. The predicted octanol–water partition coefficient (Wildman–Crippen LogP) is -0.0990. The number of hydroxylamine groups is 2. The molecular formula is C27H34N8O10S2. The Balaban J connectivity index is 1.25. The number of amides is 1. The third-order valence-electron chi connectivity index (χ3n) is 7.98. The Bertz CT molecular complexity index is 1720. The molecule has 0 radical (unpaired) electrons. The number of Topliss-reactive ketones (excluding diaryl/α,β-unsaturated/α-hetero) is 1. The van der Waals surface area contributed by atoms with Gasteiger partial charge in [0, 0.05) is 31.4 Å². The molecule has 1 aromatic heterocycles. The first kappa shape index (κ1) is 34.0. The quantitative estimate of drug-likeness (QED) is 0.0603. The molecule has 1 amide bonds. The molecule has 47 heavy (non-hydrogen) atoms. The summed E-state index contributed by atoms with van der Waals surface area (Å²) in [7, 11) is -4.99. The van der Waals surface area contributed by atoms with Gasteiger partial charge in [0.1, 0.15) is 18.1 Å². The standard InChI is InChI=1S/C27H34N8O10S2/c1-27(2)18(23(37)35(27)45-47(40,41)42)8-20(36)22(19-13-46-26(29)32-19)33-44-21(24(38)39)12-43-17-4-3-14-10-34(11-15(14)7-17)25(28)31-16-5-6-30-9-16/h3-4,7,13,16,18,21,30H,5-6,8-12H2,1-2H3,(H2,28,31)(H2,29,32)(H,38,39)(H,40,41,42)/b33-22-. The third-order valence-corrected chi connectivity index (χ3v) is 8.99. The minimum Gasteiger partial charge on any atom is -0.489 e. The molecule has 18 nitrogen and oxygen atoms in total. The number of carbonyl (C=O) groups excluding carboxylic acids is 2. The number of nitrogens with two attached hydrogens (primary N) is 2. The SMILES string of the molecule is CC1(C)C(CC(=O)/C(=N\OC(COc2ccc3c(c2)CN(C(N)=NC2CCNC2)C3)C(=O)O)c2csc(N)n2)C(=O)N1OS(=O)(=O)O. The van der Waals surface area contributed by atoms with Gasteiger partial charge in [0.15, 0.2) is 22.6 Å². The second-order valence-corrected chi connectivity index (χ2v) is 13.5. The largest absolute Gasteiger partial charge is 0.489 e. The van der Waals surface area contributed by atoms with Crippen LogP contribution in [0, 0.1) is 5.92 Å². The summed E-state index contributed by atoms with van der Waals surface area (Å²) in [5.41, 5.74) is 12.2. The molecule has 0 saturated carbocycles. The lowest BCUT2D eigenvalue weighted by molar-refractivity contribution is -0.228. The molecule has 2 saturated heterocycles. The van der Waals surface area contributed by atoms with Crippen LogP contribution in [0.4, 0.5) is 5.13 Å². The van der Waals surface area contributed by atoms with E-state index in [0.29, 0.717) is 29.9 Å². The van der Waals surface area contributed by atoms with Crippen LogP contribution in [-0.2, 0) is 47.0 Å². The molecule has 7 N–H and O–H groups in total. The zero-order valence-corrected chi connectivity index (χ0v) is 27.0. The number of fused-ring (bicyclic) bond motifs is 1. The molecule has 1 aromatic carbocycles. The van der Waals surface area contributed by atoms with Gasteiger partial charge in [-0.05, 0) is 50.1 Å². The number of guanidine groups is 1. The van der Waals surface area contributed by atoms with Crippen molar-refractivity contribution in [2.75, 3.05) is 25.4 Å². The Hall–Kier alpha value is -4.37. The van der Waals surface area contributed by atoms with Crippen molar-refractivity contribution in [2.45, 2.75) is 57.5 Å². The van der Waals surface area contributed by atoms with Gasteiger partial charge in [-0.2, -0.15) is 13.5 Å². The lowest BCUT2D eigenvalue weighted by Crippen LogP contribution is -2.68. The number of β-lactam (4-membered cyclic amide) rings is 1. The Kier molecular flexibility index (Phi) is 9.68. The normalized spacial score (nSPS) is 21.7. The number of aliphatic imine (C=N–C) groups is 1. The molecule has 2 aromatic rings. The van der Waals surface area contributed by atoms with Gasteiger partial charge in [-0.1, -0.05) is 11.2 Å². The van der Waals surface area contributed by atoms with Crippen LogP contribution in [0.1, 0.15) is 43.5 Å². The maximum Gasteiger partial charge on any atom is 0.418 e. The summed E-state index contributed by atoms with van der Waals surface area (Å²) in [6, 6.07) is 5.47. The zero-order valence-electron chi connectivity index (χ0n) is 25.4. The fourth-order valence-electron chi connectivity index (χ4n) is 5.36. The maximum absolute atomic E-state index is 13.4. The number of carbonyl (C=O) groups is 3. The summed E-state index contributed by atoms with van der Waals surface area (Å²) in [5, 5.41) is 18.8. The summed E-state index contributed by atoms with van der Waals surface area (Å²) in [4.78, 5) is 53.8. The number of thiazole rings is 1. The van der Waals surface area contributed by atoms with E-state index in [1.54, 1.807) is 12.1 Å². The fourth-order valence-corrected chi connectivity index (χ4v) is 6.36. The Morgan fingerprint density at radius 3 is 2.64 bits per heavy atom. The number of carboxylic acid groups (broad SMARTS) is 1. The van der Waals surface area contributed by atoms with E-state index in [-0.39, 0.29) is 16.9 Å². The van der Waals surface area contributed by atoms with E-state index in [0.717, 1.165) is 42.0 Å². The number of ketones is 1. The number of nitrogens with zero attached hydrogens (tertiary/aromatic N) is 5. The number of nitrogens with one attached hydrogen (secondary N) is 1. The van der Waals surface area contributed by atoms with Crippen LogP contribution in [0.25, 0.3) is 0 Å². The van der Waals surface area contributed by atoms with Gasteiger partial charge >= 0.3 is 16.4 Å². The molecule has 2 fully saturated rings. The first-order chi connectivity index (χ1) is 22.1. The van der Waals surface area contributed by atoms with Crippen molar-refractivity contribution >= 4 is 56.2 Å². The molecule has 3 unspecified atom stereocenters. The molecular weight excluding hydrogens is 660 g/mol. The van der Waals surface area contributed by atoms with Crippen molar-refractivity contribution in [3.05, 3.63) is 40.4 Å². The van der Waals surface area contributed by atoms with Gasteiger partial charge < -0.3 is 36.4 Å². The molecule has 3 aliphatic heterocycles. The number of benzene rings is 1. The topological polar surface area (TPSA) is 262 Å². The molecule has 0 spiro atoms. The van der Waals surface area contributed by atoms with Gasteiger partial charge in [-0.3, -0.25) is 14.1 Å². The lowest BCUT2D eigenvalue weighted by Gasteiger charge is -2.50. The molecule has 254 valence electrons. The van der Waals surface area contributed by atoms with Crippen LogP contribution in [0.5, 0.6) is 5.75 Å². The van der Waals surface area contributed by atoms with Crippen molar-refractivity contribution in [1.29, 1.82) is 0 Å². The van der Waals surface area contributed by atoms with Crippen LogP contribution in [-0.4, -0.2) is 99.7 Å². The highest BCUT2D eigenvalue weighted by atomic mass is 32.3. The number of aromatic nitrogens is 1. The lowest BCUT2D eigenvalue weighted by atomic mass is 9.74. The average molecular weight is 695 g/mol. The third kappa shape index (κ3) is 7.79. The van der Waals surface area contributed by atoms with Crippen molar-refractivity contribution < 1.29 is 46.3 Å². The van der Waals surface area contributed by atoms with Crippen LogP contribution >= 0.6 is 11.3 Å². The van der Waals surface area contributed by atoms with E-state index in [2.05, 4.69) is 24.7 Å². The number of nitrogen functional groups attached to an aromatic ring is 1. The first-order valence-electron chi connectivity index (χ1n) is 14.4. The number of carboxylic acids is 1. The molecule has 5 rings (SSSR count). The average Bonchev–Trinajstić information content (AvgIpc) is 3.77. The van der Waals surface area contributed by atoms with Crippen molar-refractivity contribution in [1.82, 2.24) is 20.3 Å².